The number of fused-ring (bicyclic) bond motifs is 1. The SMILES string of the molecule is C=CCNC(=O)CN1CCc2cc(C(C)=O)ccc21. The zero-order valence-corrected chi connectivity index (χ0v) is 11.1. The summed E-state index contributed by atoms with van der Waals surface area (Å²) in [6.07, 6.45) is 2.54. The van der Waals surface area contributed by atoms with E-state index in [1.54, 1.807) is 13.0 Å². The Morgan fingerprint density at radius 2 is 2.26 bits per heavy atom. The zero-order chi connectivity index (χ0) is 13.8. The van der Waals surface area contributed by atoms with Crippen molar-refractivity contribution >= 4 is 17.4 Å². The van der Waals surface area contributed by atoms with Crippen molar-refractivity contribution in [2.24, 2.45) is 0 Å². The Morgan fingerprint density at radius 3 is 2.95 bits per heavy atom. The van der Waals surface area contributed by atoms with Crippen LogP contribution < -0.4 is 10.2 Å². The molecule has 0 saturated heterocycles. The summed E-state index contributed by atoms with van der Waals surface area (Å²) in [6, 6.07) is 5.68. The number of anilines is 1. The van der Waals surface area contributed by atoms with E-state index in [0.29, 0.717) is 13.1 Å². The molecule has 2 rings (SSSR count). The summed E-state index contributed by atoms with van der Waals surface area (Å²) >= 11 is 0. The van der Waals surface area contributed by atoms with Gasteiger partial charge in [-0.15, -0.1) is 6.58 Å². The normalized spacial score (nSPS) is 13.0. The molecule has 0 bridgehead atoms. The van der Waals surface area contributed by atoms with Gasteiger partial charge in [0.2, 0.25) is 5.91 Å². The smallest absolute Gasteiger partial charge is 0.239 e. The average molecular weight is 258 g/mol. The number of hydrogen-bond acceptors (Lipinski definition) is 3. The van der Waals surface area contributed by atoms with Crippen LogP contribution in [0.25, 0.3) is 0 Å². The second kappa shape index (κ2) is 5.69. The number of carbonyl (C=O) groups excluding carboxylic acids is 2. The third-order valence-corrected chi connectivity index (χ3v) is 3.26. The summed E-state index contributed by atoms with van der Waals surface area (Å²) in [4.78, 5) is 25.1. The lowest BCUT2D eigenvalue weighted by Crippen LogP contribution is -2.36. The molecule has 0 saturated carbocycles. The summed E-state index contributed by atoms with van der Waals surface area (Å²) in [5.74, 6) is 0.0633. The number of carbonyl (C=O) groups is 2. The maximum atomic E-state index is 11.7. The van der Waals surface area contributed by atoms with Crippen LogP contribution in [0.2, 0.25) is 0 Å². The molecule has 0 atom stereocenters. The van der Waals surface area contributed by atoms with E-state index in [9.17, 15) is 9.59 Å². The first-order valence-corrected chi connectivity index (χ1v) is 6.38. The molecule has 1 heterocycles. The highest BCUT2D eigenvalue weighted by Crippen LogP contribution is 2.28. The Labute approximate surface area is 113 Å². The van der Waals surface area contributed by atoms with Gasteiger partial charge in [-0.05, 0) is 37.1 Å². The lowest BCUT2D eigenvalue weighted by Gasteiger charge is -2.18. The molecule has 1 aliphatic heterocycles. The molecule has 0 fully saturated rings. The Kier molecular flexibility index (Phi) is 4.00. The summed E-state index contributed by atoms with van der Waals surface area (Å²) in [7, 11) is 0. The van der Waals surface area contributed by atoms with Crippen molar-refractivity contribution in [3.8, 4) is 0 Å². The Hall–Kier alpha value is -2.10. The number of nitrogens with zero attached hydrogens (tertiary/aromatic N) is 1. The van der Waals surface area contributed by atoms with Gasteiger partial charge in [-0.3, -0.25) is 9.59 Å². The van der Waals surface area contributed by atoms with Gasteiger partial charge >= 0.3 is 0 Å². The molecule has 1 aliphatic rings. The third kappa shape index (κ3) is 3.02. The van der Waals surface area contributed by atoms with E-state index < -0.39 is 0 Å². The topological polar surface area (TPSA) is 49.4 Å². The first kappa shape index (κ1) is 13.3. The molecular weight excluding hydrogens is 240 g/mol. The van der Waals surface area contributed by atoms with E-state index in [0.717, 1.165) is 29.8 Å². The summed E-state index contributed by atoms with van der Waals surface area (Å²) in [5.41, 5.74) is 2.93. The molecule has 0 aliphatic carbocycles. The monoisotopic (exact) mass is 258 g/mol. The molecule has 1 aromatic rings. The minimum atomic E-state index is -0.0107. The fourth-order valence-corrected chi connectivity index (χ4v) is 2.27. The highest BCUT2D eigenvalue weighted by atomic mass is 16.2. The quantitative estimate of drug-likeness (QED) is 0.644. The van der Waals surface area contributed by atoms with Crippen LogP contribution in [0.3, 0.4) is 0 Å². The molecule has 1 N–H and O–H groups in total. The second-order valence-corrected chi connectivity index (χ2v) is 4.66. The molecule has 1 amide bonds. The van der Waals surface area contributed by atoms with Crippen molar-refractivity contribution in [3.05, 3.63) is 42.0 Å². The number of Topliss-reactive ketones (excluding diaryl/α,β-unsaturated/α-hetero) is 1. The number of rotatable bonds is 5. The van der Waals surface area contributed by atoms with E-state index >= 15 is 0 Å². The van der Waals surface area contributed by atoms with Gasteiger partial charge < -0.3 is 10.2 Å². The van der Waals surface area contributed by atoms with E-state index in [-0.39, 0.29) is 11.7 Å². The molecule has 0 unspecified atom stereocenters. The molecule has 1 aromatic carbocycles. The van der Waals surface area contributed by atoms with Crippen LogP contribution in [0, 0.1) is 0 Å². The number of hydrogen-bond donors (Lipinski definition) is 1. The van der Waals surface area contributed by atoms with Gasteiger partial charge in [0.1, 0.15) is 0 Å². The Morgan fingerprint density at radius 1 is 1.47 bits per heavy atom. The predicted octanol–water partition coefficient (Wildman–Crippen LogP) is 1.55. The van der Waals surface area contributed by atoms with Crippen molar-refractivity contribution in [3.63, 3.8) is 0 Å². The van der Waals surface area contributed by atoms with Gasteiger partial charge in [0, 0.05) is 24.3 Å². The van der Waals surface area contributed by atoms with Crippen molar-refractivity contribution in [2.75, 3.05) is 24.5 Å². The maximum Gasteiger partial charge on any atom is 0.239 e. The zero-order valence-electron chi connectivity index (χ0n) is 11.1. The minimum Gasteiger partial charge on any atom is -0.362 e. The van der Waals surface area contributed by atoms with E-state index in [2.05, 4.69) is 11.9 Å². The van der Waals surface area contributed by atoms with E-state index in [1.165, 1.54) is 0 Å². The molecule has 0 radical (unpaired) electrons. The maximum absolute atomic E-state index is 11.7. The second-order valence-electron chi connectivity index (χ2n) is 4.66. The largest absolute Gasteiger partial charge is 0.362 e. The molecule has 4 nitrogen and oxygen atoms in total. The average Bonchev–Trinajstić information content (AvgIpc) is 2.78. The number of amides is 1. The van der Waals surface area contributed by atoms with Gasteiger partial charge in [0.25, 0.3) is 0 Å². The lowest BCUT2D eigenvalue weighted by atomic mass is 10.1. The number of nitrogens with one attached hydrogen (secondary N) is 1. The van der Waals surface area contributed by atoms with Crippen molar-refractivity contribution in [2.45, 2.75) is 13.3 Å². The Balaban J connectivity index is 2.07. The summed E-state index contributed by atoms with van der Waals surface area (Å²) in [6.45, 7) is 6.79. The summed E-state index contributed by atoms with van der Waals surface area (Å²) < 4.78 is 0. The highest BCUT2D eigenvalue weighted by Gasteiger charge is 2.21. The van der Waals surface area contributed by atoms with E-state index in [1.807, 2.05) is 23.1 Å². The van der Waals surface area contributed by atoms with Crippen LogP contribution in [-0.4, -0.2) is 31.3 Å². The van der Waals surface area contributed by atoms with Crippen LogP contribution in [-0.2, 0) is 11.2 Å². The molecule has 19 heavy (non-hydrogen) atoms. The van der Waals surface area contributed by atoms with Crippen molar-refractivity contribution in [1.82, 2.24) is 5.32 Å². The molecule has 100 valence electrons. The van der Waals surface area contributed by atoms with Crippen LogP contribution in [0.5, 0.6) is 0 Å². The Bertz CT molecular complexity index is 523. The van der Waals surface area contributed by atoms with Crippen LogP contribution in [0.4, 0.5) is 5.69 Å². The third-order valence-electron chi connectivity index (χ3n) is 3.26. The fourth-order valence-electron chi connectivity index (χ4n) is 2.27. The molecular formula is C15H18N2O2. The van der Waals surface area contributed by atoms with Crippen LogP contribution in [0.1, 0.15) is 22.8 Å². The van der Waals surface area contributed by atoms with Gasteiger partial charge in [0.15, 0.2) is 5.78 Å². The first-order valence-electron chi connectivity index (χ1n) is 6.38. The van der Waals surface area contributed by atoms with Gasteiger partial charge in [0.05, 0.1) is 6.54 Å². The number of ketones is 1. The first-order chi connectivity index (χ1) is 9.11. The van der Waals surface area contributed by atoms with Crippen molar-refractivity contribution < 1.29 is 9.59 Å². The summed E-state index contributed by atoms with van der Waals surface area (Å²) in [5, 5.41) is 2.77. The lowest BCUT2D eigenvalue weighted by molar-refractivity contribution is -0.119. The van der Waals surface area contributed by atoms with Gasteiger partial charge in [-0.2, -0.15) is 0 Å². The van der Waals surface area contributed by atoms with Gasteiger partial charge in [-0.1, -0.05) is 6.08 Å². The van der Waals surface area contributed by atoms with Crippen molar-refractivity contribution in [1.29, 1.82) is 0 Å². The standard InChI is InChI=1S/C15H18N2O2/c1-3-7-16-15(19)10-17-8-6-13-9-12(11(2)18)4-5-14(13)17/h3-5,9H,1,6-8,10H2,2H3,(H,16,19). The molecule has 4 heteroatoms. The van der Waals surface area contributed by atoms with E-state index in [4.69, 9.17) is 0 Å². The molecule has 0 spiro atoms. The highest BCUT2D eigenvalue weighted by molar-refractivity contribution is 5.95. The minimum absolute atomic E-state index is 0.0107. The van der Waals surface area contributed by atoms with Crippen LogP contribution >= 0.6 is 0 Å². The van der Waals surface area contributed by atoms with Crippen LogP contribution in [0.15, 0.2) is 30.9 Å². The number of benzene rings is 1. The molecule has 0 aromatic heterocycles. The fraction of sp³-hybridized carbons (Fsp3) is 0.333. The van der Waals surface area contributed by atoms with Gasteiger partial charge in [-0.25, -0.2) is 0 Å². The predicted molar refractivity (Wildman–Crippen MR) is 75.6 cm³/mol.